The van der Waals surface area contributed by atoms with E-state index < -0.39 is 5.97 Å². The molecule has 5 nitrogen and oxygen atoms in total. The van der Waals surface area contributed by atoms with E-state index in [0.717, 1.165) is 0 Å². The first-order valence-corrected chi connectivity index (χ1v) is 2.83. The Morgan fingerprint density at radius 3 is 2.70 bits per heavy atom. The van der Waals surface area contributed by atoms with Crippen LogP contribution in [0.5, 0.6) is 0 Å². The van der Waals surface area contributed by atoms with Crippen LogP contribution in [0.3, 0.4) is 0 Å². The third-order valence-corrected chi connectivity index (χ3v) is 0.687. The molecule has 10 heavy (non-hydrogen) atoms. The third kappa shape index (κ3) is 10.4. The molecule has 0 bridgehead atoms. The summed E-state index contributed by atoms with van der Waals surface area (Å²) in [5.74, 6) is -0.817. The Balaban J connectivity index is 0. The van der Waals surface area contributed by atoms with E-state index in [-0.39, 0.29) is 12.6 Å². The minimum Gasteiger partial charge on any atom is -0.481 e. The number of hydroxylamine groups is 1. The Bertz CT molecular complexity index is 87.0. The summed E-state index contributed by atoms with van der Waals surface area (Å²) in [5, 5.41) is 8.12. The van der Waals surface area contributed by atoms with Crippen molar-refractivity contribution in [1.29, 1.82) is 0 Å². The standard InChI is InChI=1S/C5H11NO3.H3N/c1-2-9-6-4-3-5(7)8;/h6H,2-4H2,1H3,(H,7,8);1H3. The summed E-state index contributed by atoms with van der Waals surface area (Å²) in [6, 6.07) is 0. The second-order valence-electron chi connectivity index (χ2n) is 1.47. The third-order valence-electron chi connectivity index (χ3n) is 0.687. The number of hydrogen-bond acceptors (Lipinski definition) is 4. The van der Waals surface area contributed by atoms with Gasteiger partial charge in [-0.3, -0.25) is 4.79 Å². The Hall–Kier alpha value is -0.650. The van der Waals surface area contributed by atoms with Gasteiger partial charge in [-0.25, -0.2) is 5.48 Å². The first-order valence-electron chi connectivity index (χ1n) is 2.83. The summed E-state index contributed by atoms with van der Waals surface area (Å²) in [5.41, 5.74) is 2.49. The SMILES string of the molecule is CCONCCC(=O)O.N. The summed E-state index contributed by atoms with van der Waals surface area (Å²) in [6.45, 7) is 2.75. The van der Waals surface area contributed by atoms with Crippen LogP contribution in [0.15, 0.2) is 0 Å². The van der Waals surface area contributed by atoms with Crippen molar-refractivity contribution in [3.63, 3.8) is 0 Å². The number of carboxylic acids is 1. The molecule has 0 amide bonds. The van der Waals surface area contributed by atoms with Crippen LogP contribution in [0.25, 0.3) is 0 Å². The van der Waals surface area contributed by atoms with Gasteiger partial charge in [0, 0.05) is 6.54 Å². The van der Waals surface area contributed by atoms with Crippen LogP contribution in [0, 0.1) is 0 Å². The van der Waals surface area contributed by atoms with Gasteiger partial charge >= 0.3 is 5.97 Å². The van der Waals surface area contributed by atoms with Crippen molar-refractivity contribution in [2.75, 3.05) is 13.2 Å². The molecule has 0 unspecified atom stereocenters. The van der Waals surface area contributed by atoms with Crippen LogP contribution >= 0.6 is 0 Å². The molecule has 0 saturated heterocycles. The average molecular weight is 150 g/mol. The van der Waals surface area contributed by atoms with E-state index in [1.54, 1.807) is 0 Å². The Labute approximate surface area is 59.9 Å². The lowest BCUT2D eigenvalue weighted by Crippen LogP contribution is -2.18. The van der Waals surface area contributed by atoms with Gasteiger partial charge in [-0.05, 0) is 6.92 Å². The van der Waals surface area contributed by atoms with E-state index in [1.807, 2.05) is 6.92 Å². The maximum Gasteiger partial charge on any atom is 0.304 e. The van der Waals surface area contributed by atoms with Crippen molar-refractivity contribution >= 4 is 5.97 Å². The van der Waals surface area contributed by atoms with Gasteiger partial charge in [-0.15, -0.1) is 0 Å². The van der Waals surface area contributed by atoms with Crippen LogP contribution in [0.4, 0.5) is 0 Å². The minimum atomic E-state index is -0.817. The van der Waals surface area contributed by atoms with E-state index in [0.29, 0.717) is 13.2 Å². The average Bonchev–Trinajstić information content (AvgIpc) is 1.80. The van der Waals surface area contributed by atoms with Gasteiger partial charge in [0.1, 0.15) is 0 Å². The zero-order valence-electron chi connectivity index (χ0n) is 6.09. The van der Waals surface area contributed by atoms with E-state index >= 15 is 0 Å². The van der Waals surface area contributed by atoms with E-state index in [1.165, 1.54) is 0 Å². The van der Waals surface area contributed by atoms with Crippen LogP contribution in [0.2, 0.25) is 0 Å². The summed E-state index contributed by atoms with van der Waals surface area (Å²) in [7, 11) is 0. The molecule has 0 aliphatic carbocycles. The smallest absolute Gasteiger partial charge is 0.304 e. The lowest BCUT2D eigenvalue weighted by atomic mass is 10.4. The van der Waals surface area contributed by atoms with E-state index in [4.69, 9.17) is 5.11 Å². The Morgan fingerprint density at radius 1 is 1.70 bits per heavy atom. The number of hydrogen-bond donors (Lipinski definition) is 3. The van der Waals surface area contributed by atoms with Crippen molar-refractivity contribution in [3.05, 3.63) is 0 Å². The lowest BCUT2D eigenvalue weighted by molar-refractivity contribution is -0.137. The zero-order chi connectivity index (χ0) is 7.11. The molecule has 0 heterocycles. The molecule has 0 atom stereocenters. The molecule has 5 N–H and O–H groups in total. The fourth-order valence-corrected chi connectivity index (χ4v) is 0.332. The lowest BCUT2D eigenvalue weighted by Gasteiger charge is -1.98. The van der Waals surface area contributed by atoms with Gasteiger partial charge in [0.2, 0.25) is 0 Å². The normalized spacial score (nSPS) is 8.50. The number of carbonyl (C=O) groups is 1. The van der Waals surface area contributed by atoms with E-state index in [9.17, 15) is 4.79 Å². The summed E-state index contributed by atoms with van der Waals surface area (Å²) in [4.78, 5) is 14.5. The molecule has 0 spiro atoms. The maximum absolute atomic E-state index is 9.87. The van der Waals surface area contributed by atoms with Gasteiger partial charge in [-0.2, -0.15) is 0 Å². The number of rotatable bonds is 5. The highest BCUT2D eigenvalue weighted by Crippen LogP contribution is 1.74. The monoisotopic (exact) mass is 150 g/mol. The highest BCUT2D eigenvalue weighted by molar-refractivity contribution is 5.66. The molecule has 0 fully saturated rings. The van der Waals surface area contributed by atoms with Crippen molar-refractivity contribution in [1.82, 2.24) is 11.6 Å². The van der Waals surface area contributed by atoms with Crippen LogP contribution in [-0.4, -0.2) is 24.2 Å². The van der Waals surface area contributed by atoms with Crippen LogP contribution < -0.4 is 11.6 Å². The Kier molecular flexibility index (Phi) is 10.1. The van der Waals surface area contributed by atoms with Crippen molar-refractivity contribution in [3.8, 4) is 0 Å². The van der Waals surface area contributed by atoms with Gasteiger partial charge in [0.05, 0.1) is 13.0 Å². The molecule has 0 aromatic rings. The predicted octanol–water partition coefficient (Wildman–Crippen LogP) is 0.164. The predicted molar refractivity (Wildman–Crippen MR) is 36.9 cm³/mol. The highest BCUT2D eigenvalue weighted by Gasteiger charge is 1.93. The highest BCUT2D eigenvalue weighted by atomic mass is 16.6. The number of carboxylic acid groups (broad SMARTS) is 1. The molecule has 0 aliphatic rings. The molecule has 62 valence electrons. The van der Waals surface area contributed by atoms with Crippen molar-refractivity contribution in [2.45, 2.75) is 13.3 Å². The summed E-state index contributed by atoms with van der Waals surface area (Å²) in [6.07, 6.45) is 0.0972. The summed E-state index contributed by atoms with van der Waals surface area (Å²) >= 11 is 0. The fraction of sp³-hybridized carbons (Fsp3) is 0.800. The largest absolute Gasteiger partial charge is 0.481 e. The topological polar surface area (TPSA) is 93.6 Å². The van der Waals surface area contributed by atoms with Gasteiger partial charge < -0.3 is 16.1 Å². The molecule has 0 rings (SSSR count). The van der Waals surface area contributed by atoms with Crippen molar-refractivity contribution < 1.29 is 14.7 Å². The molecule has 0 aliphatic heterocycles. The summed E-state index contributed by atoms with van der Waals surface area (Å²) < 4.78 is 0. The second-order valence-corrected chi connectivity index (χ2v) is 1.47. The first-order chi connectivity index (χ1) is 4.27. The van der Waals surface area contributed by atoms with Gasteiger partial charge in [0.15, 0.2) is 0 Å². The van der Waals surface area contributed by atoms with Gasteiger partial charge in [-0.1, -0.05) is 0 Å². The molecular weight excluding hydrogens is 136 g/mol. The van der Waals surface area contributed by atoms with E-state index in [2.05, 4.69) is 10.3 Å². The molecule has 0 radical (unpaired) electrons. The fourth-order valence-electron chi connectivity index (χ4n) is 0.332. The van der Waals surface area contributed by atoms with Crippen molar-refractivity contribution in [2.24, 2.45) is 0 Å². The molecule has 0 saturated carbocycles. The minimum absolute atomic E-state index is 0. The molecule has 0 aromatic carbocycles. The molecular formula is C5H14N2O3. The Morgan fingerprint density at radius 2 is 2.30 bits per heavy atom. The number of aliphatic carboxylic acids is 1. The first kappa shape index (κ1) is 12.1. The molecule has 5 heteroatoms. The molecule has 0 aromatic heterocycles. The van der Waals surface area contributed by atoms with Gasteiger partial charge in [0.25, 0.3) is 0 Å². The second kappa shape index (κ2) is 8.35. The van der Waals surface area contributed by atoms with Crippen LogP contribution in [0.1, 0.15) is 13.3 Å². The maximum atomic E-state index is 9.87. The van der Waals surface area contributed by atoms with Crippen LogP contribution in [-0.2, 0) is 9.63 Å². The quantitative estimate of drug-likeness (QED) is 0.383. The zero-order valence-corrected chi connectivity index (χ0v) is 6.09. The number of nitrogens with one attached hydrogen (secondary N) is 1.